The number of carbonyl (C=O) groups is 2. The lowest BCUT2D eigenvalue weighted by atomic mass is 10.1. The van der Waals surface area contributed by atoms with Crippen molar-refractivity contribution in [2.45, 2.75) is 6.92 Å². The van der Waals surface area contributed by atoms with E-state index < -0.39 is 5.91 Å². The van der Waals surface area contributed by atoms with Crippen molar-refractivity contribution in [3.05, 3.63) is 69.5 Å². The third-order valence-corrected chi connectivity index (χ3v) is 3.86. The highest BCUT2D eigenvalue weighted by Crippen LogP contribution is 2.26. The molecule has 6 nitrogen and oxygen atoms in total. The first kappa shape index (κ1) is 16.7. The van der Waals surface area contributed by atoms with Crippen LogP contribution in [0, 0.1) is 0 Å². The van der Waals surface area contributed by atoms with Gasteiger partial charge in [-0.05, 0) is 24.3 Å². The third-order valence-electron chi connectivity index (χ3n) is 3.53. The van der Waals surface area contributed by atoms with Gasteiger partial charge in [0.05, 0.1) is 16.3 Å². The van der Waals surface area contributed by atoms with Gasteiger partial charge in [-0.1, -0.05) is 29.8 Å². The minimum atomic E-state index is -0.432. The summed E-state index contributed by atoms with van der Waals surface area (Å²) in [7, 11) is 0. The summed E-state index contributed by atoms with van der Waals surface area (Å²) < 4.78 is 0. The zero-order valence-electron chi connectivity index (χ0n) is 13.2. The first-order chi connectivity index (χ1) is 11.9. The van der Waals surface area contributed by atoms with Crippen molar-refractivity contribution >= 4 is 45.7 Å². The molecule has 1 aromatic heterocycles. The number of hydrogen-bond acceptors (Lipinski definition) is 3. The zero-order chi connectivity index (χ0) is 18.0. The lowest BCUT2D eigenvalue weighted by molar-refractivity contribution is -0.114. The number of halogens is 1. The molecule has 2 amide bonds. The number of fused-ring (bicyclic) bond motifs is 1. The number of amides is 2. The lowest BCUT2D eigenvalue weighted by Crippen LogP contribution is -2.17. The summed E-state index contributed by atoms with van der Waals surface area (Å²) in [6.07, 6.45) is 0. The monoisotopic (exact) mass is 355 g/mol. The zero-order valence-corrected chi connectivity index (χ0v) is 14.0. The maximum absolute atomic E-state index is 12.6. The van der Waals surface area contributed by atoms with Crippen LogP contribution >= 0.6 is 11.6 Å². The van der Waals surface area contributed by atoms with Gasteiger partial charge in [-0.15, -0.1) is 0 Å². The average Bonchev–Trinajstić information content (AvgIpc) is 2.56. The van der Waals surface area contributed by atoms with Gasteiger partial charge in [0.1, 0.15) is 0 Å². The van der Waals surface area contributed by atoms with Crippen LogP contribution in [-0.4, -0.2) is 16.8 Å². The fourth-order valence-electron chi connectivity index (χ4n) is 2.48. The van der Waals surface area contributed by atoms with E-state index >= 15 is 0 Å². The number of aromatic nitrogens is 1. The molecule has 3 N–H and O–H groups in total. The second-order valence-corrected chi connectivity index (χ2v) is 5.83. The number of H-pyrrole nitrogens is 1. The first-order valence-corrected chi connectivity index (χ1v) is 7.82. The summed E-state index contributed by atoms with van der Waals surface area (Å²) in [5.74, 6) is -0.704. The van der Waals surface area contributed by atoms with E-state index in [9.17, 15) is 14.4 Å². The fraction of sp³-hybridized carbons (Fsp3) is 0.0556. The van der Waals surface area contributed by atoms with Gasteiger partial charge in [0.2, 0.25) is 11.5 Å². The van der Waals surface area contributed by atoms with Crippen LogP contribution in [-0.2, 0) is 4.79 Å². The van der Waals surface area contributed by atoms with E-state index in [4.69, 9.17) is 11.6 Å². The Labute approximate surface area is 147 Å². The van der Waals surface area contributed by atoms with E-state index in [0.717, 1.165) is 0 Å². The highest BCUT2D eigenvalue weighted by atomic mass is 35.5. The van der Waals surface area contributed by atoms with E-state index in [-0.39, 0.29) is 17.0 Å². The second-order valence-electron chi connectivity index (χ2n) is 5.42. The number of aromatic amines is 1. The molecule has 0 aliphatic rings. The molecule has 1 heterocycles. The number of benzene rings is 2. The highest BCUT2D eigenvalue weighted by molar-refractivity contribution is 6.33. The van der Waals surface area contributed by atoms with Crippen molar-refractivity contribution in [1.82, 2.24) is 4.98 Å². The molecular weight excluding hydrogens is 342 g/mol. The molecule has 0 spiro atoms. The number of rotatable bonds is 3. The van der Waals surface area contributed by atoms with Gasteiger partial charge in [0.25, 0.3) is 5.91 Å². The molecule has 3 aromatic rings. The van der Waals surface area contributed by atoms with Gasteiger partial charge < -0.3 is 15.6 Å². The van der Waals surface area contributed by atoms with E-state index in [2.05, 4.69) is 15.6 Å². The van der Waals surface area contributed by atoms with Crippen LogP contribution in [0.2, 0.25) is 5.02 Å². The molecule has 0 saturated heterocycles. The predicted octanol–water partition coefficient (Wildman–Crippen LogP) is 3.39. The Kier molecular flexibility index (Phi) is 4.54. The van der Waals surface area contributed by atoms with Crippen LogP contribution in [0.4, 0.5) is 11.4 Å². The molecule has 0 unspecified atom stereocenters. The Morgan fingerprint density at radius 1 is 1.04 bits per heavy atom. The van der Waals surface area contributed by atoms with Crippen LogP contribution in [0.15, 0.2) is 53.3 Å². The summed E-state index contributed by atoms with van der Waals surface area (Å²) in [4.78, 5) is 38.3. The molecule has 7 heteroatoms. The lowest BCUT2D eigenvalue weighted by Gasteiger charge is -2.10. The number of anilines is 2. The maximum Gasteiger partial charge on any atom is 0.256 e. The average molecular weight is 356 g/mol. The SMILES string of the molecule is CC(=O)Nc1cc(NC(=O)c2cc(=O)[nH]c3ccccc23)ccc1Cl. The molecule has 0 bridgehead atoms. The third kappa shape index (κ3) is 3.70. The Bertz CT molecular complexity index is 1040. The summed E-state index contributed by atoms with van der Waals surface area (Å²) in [5, 5.41) is 6.30. The minimum Gasteiger partial charge on any atom is -0.325 e. The molecule has 0 saturated carbocycles. The largest absolute Gasteiger partial charge is 0.325 e. The molecule has 0 radical (unpaired) electrons. The van der Waals surface area contributed by atoms with Crippen LogP contribution in [0.25, 0.3) is 10.9 Å². The smallest absolute Gasteiger partial charge is 0.256 e. The quantitative estimate of drug-likeness (QED) is 0.672. The minimum absolute atomic E-state index is 0.260. The molecule has 2 aromatic carbocycles. The molecule has 3 rings (SSSR count). The van der Waals surface area contributed by atoms with Gasteiger partial charge >= 0.3 is 0 Å². The predicted molar refractivity (Wildman–Crippen MR) is 98.3 cm³/mol. The van der Waals surface area contributed by atoms with Crippen molar-refractivity contribution in [3.8, 4) is 0 Å². The summed E-state index contributed by atoms with van der Waals surface area (Å²) in [6, 6.07) is 13.0. The Balaban J connectivity index is 1.96. The van der Waals surface area contributed by atoms with Gasteiger partial charge in [0, 0.05) is 29.6 Å². The van der Waals surface area contributed by atoms with Crippen molar-refractivity contribution < 1.29 is 9.59 Å². The molecule has 25 heavy (non-hydrogen) atoms. The van der Waals surface area contributed by atoms with Crippen LogP contribution in [0.3, 0.4) is 0 Å². The van der Waals surface area contributed by atoms with Gasteiger partial charge in [0.15, 0.2) is 0 Å². The van der Waals surface area contributed by atoms with Crippen LogP contribution in [0.1, 0.15) is 17.3 Å². The van der Waals surface area contributed by atoms with E-state index in [0.29, 0.717) is 27.3 Å². The fourth-order valence-corrected chi connectivity index (χ4v) is 2.64. The van der Waals surface area contributed by atoms with Gasteiger partial charge in [-0.25, -0.2) is 0 Å². The van der Waals surface area contributed by atoms with Gasteiger partial charge in [-0.2, -0.15) is 0 Å². The molecule has 0 aliphatic heterocycles. The number of carbonyl (C=O) groups excluding carboxylic acids is 2. The van der Waals surface area contributed by atoms with Crippen molar-refractivity contribution in [3.63, 3.8) is 0 Å². The molecule has 0 atom stereocenters. The Morgan fingerprint density at radius 3 is 2.56 bits per heavy atom. The van der Waals surface area contributed by atoms with E-state index in [1.165, 1.54) is 13.0 Å². The number of hydrogen-bond donors (Lipinski definition) is 3. The van der Waals surface area contributed by atoms with E-state index in [1.54, 1.807) is 42.5 Å². The molecule has 0 aliphatic carbocycles. The summed E-state index contributed by atoms with van der Waals surface area (Å²) in [5.41, 5.74) is 1.31. The van der Waals surface area contributed by atoms with Crippen LogP contribution in [0.5, 0.6) is 0 Å². The standard InChI is InChI=1S/C18H14ClN3O3/c1-10(23)20-16-8-11(6-7-14(16)19)21-18(25)13-9-17(24)22-15-5-3-2-4-12(13)15/h2-9H,1H3,(H,20,23)(H,21,25)(H,22,24). The number of para-hydroxylation sites is 1. The summed E-state index contributed by atoms with van der Waals surface area (Å²) >= 11 is 6.02. The first-order valence-electron chi connectivity index (χ1n) is 7.44. The number of pyridine rings is 1. The normalized spacial score (nSPS) is 10.5. The van der Waals surface area contributed by atoms with Crippen molar-refractivity contribution in [2.24, 2.45) is 0 Å². The molecular formula is C18H14ClN3O3. The Hall–Kier alpha value is -3.12. The number of nitrogens with one attached hydrogen (secondary N) is 3. The van der Waals surface area contributed by atoms with Crippen LogP contribution < -0.4 is 16.2 Å². The molecule has 0 fully saturated rings. The summed E-state index contributed by atoms with van der Waals surface area (Å²) in [6.45, 7) is 1.37. The maximum atomic E-state index is 12.6. The molecule has 126 valence electrons. The van der Waals surface area contributed by atoms with E-state index in [1.807, 2.05) is 0 Å². The van der Waals surface area contributed by atoms with Crippen molar-refractivity contribution in [2.75, 3.05) is 10.6 Å². The Morgan fingerprint density at radius 2 is 1.80 bits per heavy atom. The second kappa shape index (κ2) is 6.78. The topological polar surface area (TPSA) is 91.1 Å². The highest BCUT2D eigenvalue weighted by Gasteiger charge is 2.13. The van der Waals surface area contributed by atoms with Gasteiger partial charge in [-0.3, -0.25) is 14.4 Å². The van der Waals surface area contributed by atoms with Crippen molar-refractivity contribution in [1.29, 1.82) is 0 Å².